The number of hydrogen-bond donors (Lipinski definition) is 2. The van der Waals surface area contributed by atoms with E-state index in [1.807, 2.05) is 43.3 Å². The summed E-state index contributed by atoms with van der Waals surface area (Å²) < 4.78 is 42.8. The van der Waals surface area contributed by atoms with Gasteiger partial charge in [0.15, 0.2) is 11.5 Å². The number of aromatic hydroxyl groups is 1. The van der Waals surface area contributed by atoms with Gasteiger partial charge in [0, 0.05) is 25.6 Å². The maximum absolute atomic E-state index is 13.5. The van der Waals surface area contributed by atoms with Crippen LogP contribution in [0.5, 0.6) is 11.5 Å². The quantitative estimate of drug-likeness (QED) is 0.412. The minimum atomic E-state index is -3.72. The van der Waals surface area contributed by atoms with Gasteiger partial charge in [-0.2, -0.15) is 0 Å². The molecule has 2 aromatic carbocycles. The lowest BCUT2D eigenvalue weighted by Gasteiger charge is -2.65. The van der Waals surface area contributed by atoms with Crippen LogP contribution in [0.3, 0.4) is 0 Å². The summed E-state index contributed by atoms with van der Waals surface area (Å²) in [5.41, 5.74) is 1.89. The van der Waals surface area contributed by atoms with E-state index in [9.17, 15) is 18.3 Å². The van der Waals surface area contributed by atoms with Gasteiger partial charge in [-0.05, 0) is 55.4 Å². The van der Waals surface area contributed by atoms with E-state index in [-0.39, 0.29) is 23.5 Å². The zero-order chi connectivity index (χ0) is 26.9. The van der Waals surface area contributed by atoms with E-state index in [2.05, 4.69) is 16.2 Å². The summed E-state index contributed by atoms with van der Waals surface area (Å²) in [6, 6.07) is 10.4. The topological polar surface area (TPSA) is 105 Å². The number of phenols is 1. The Balaban J connectivity index is 1.45. The van der Waals surface area contributed by atoms with Crippen LogP contribution in [0.25, 0.3) is 0 Å². The molecule has 202 valence electrons. The highest BCUT2D eigenvalue weighted by atomic mass is 32.2. The van der Waals surface area contributed by atoms with Crippen molar-refractivity contribution in [3.05, 3.63) is 71.3 Å². The van der Waals surface area contributed by atoms with Crippen LogP contribution in [0.1, 0.15) is 48.4 Å². The number of nitrogens with one attached hydrogen (secondary N) is 1. The fourth-order valence-corrected chi connectivity index (χ4v) is 9.34. The molecule has 2 aliphatic carbocycles. The maximum Gasteiger partial charge on any atom is 0.303 e. The Kier molecular flexibility index (Phi) is 5.90. The molecular weight excluding hydrogens is 504 g/mol. The smallest absolute Gasteiger partial charge is 0.303 e. The molecule has 2 bridgehead atoms. The van der Waals surface area contributed by atoms with Crippen molar-refractivity contribution in [2.75, 3.05) is 13.1 Å². The zero-order valence-electron chi connectivity index (χ0n) is 21.8. The molecule has 6 rings (SSSR count). The maximum atomic E-state index is 13.5. The number of sulfonamides is 1. The Morgan fingerprint density at radius 1 is 1.29 bits per heavy atom. The highest BCUT2D eigenvalue weighted by Gasteiger charge is 2.75. The predicted molar refractivity (Wildman–Crippen MR) is 143 cm³/mol. The van der Waals surface area contributed by atoms with E-state index < -0.39 is 33.2 Å². The van der Waals surface area contributed by atoms with Crippen molar-refractivity contribution >= 4 is 16.0 Å². The van der Waals surface area contributed by atoms with E-state index >= 15 is 0 Å². The summed E-state index contributed by atoms with van der Waals surface area (Å²) >= 11 is 0. The first-order chi connectivity index (χ1) is 18.1. The van der Waals surface area contributed by atoms with Crippen molar-refractivity contribution < 1.29 is 27.8 Å². The predicted octanol–water partition coefficient (Wildman–Crippen LogP) is 3.10. The number of carbonyl (C=O) groups excluding carboxylic acids is 1. The van der Waals surface area contributed by atoms with Gasteiger partial charge in [0.25, 0.3) is 0 Å². The second kappa shape index (κ2) is 8.83. The Bertz CT molecular complexity index is 1420. The molecule has 1 saturated carbocycles. The van der Waals surface area contributed by atoms with Gasteiger partial charge in [-0.15, -0.1) is 6.58 Å². The van der Waals surface area contributed by atoms with Crippen molar-refractivity contribution in [1.29, 1.82) is 0 Å². The largest absolute Gasteiger partial charge is 0.504 e. The average Bonchev–Trinajstić information content (AvgIpc) is 3.21. The number of ether oxygens (including phenoxy) is 2. The number of esters is 1. The van der Waals surface area contributed by atoms with Gasteiger partial charge in [0.1, 0.15) is 11.7 Å². The summed E-state index contributed by atoms with van der Waals surface area (Å²) in [7, 11) is -3.72. The molecule has 2 aliphatic heterocycles. The monoisotopic (exact) mass is 538 g/mol. The van der Waals surface area contributed by atoms with E-state index in [4.69, 9.17) is 9.47 Å². The first kappa shape index (κ1) is 25.4. The van der Waals surface area contributed by atoms with Crippen LogP contribution in [0.4, 0.5) is 0 Å². The highest BCUT2D eigenvalue weighted by Crippen LogP contribution is 2.66. The van der Waals surface area contributed by atoms with Crippen LogP contribution in [-0.4, -0.2) is 61.3 Å². The number of piperidine rings is 1. The fraction of sp³-hybridized carbons (Fsp3) is 0.483. The molecule has 2 fully saturated rings. The summed E-state index contributed by atoms with van der Waals surface area (Å²) in [5.74, 6) is -0.0870. The lowest BCUT2D eigenvalue weighted by molar-refractivity contribution is -0.217. The molecule has 2 aromatic rings. The minimum Gasteiger partial charge on any atom is -0.504 e. The van der Waals surface area contributed by atoms with Crippen LogP contribution in [0, 0.1) is 6.92 Å². The summed E-state index contributed by atoms with van der Waals surface area (Å²) in [4.78, 5) is 15.0. The minimum absolute atomic E-state index is 0.0257. The Morgan fingerprint density at radius 3 is 2.82 bits per heavy atom. The van der Waals surface area contributed by atoms with E-state index in [0.717, 1.165) is 28.8 Å². The number of likely N-dealkylation sites (tertiary alicyclic amines) is 1. The van der Waals surface area contributed by atoms with Crippen LogP contribution in [0.15, 0.2) is 49.1 Å². The third-order valence-corrected chi connectivity index (χ3v) is 10.5. The van der Waals surface area contributed by atoms with Crippen molar-refractivity contribution in [3.8, 4) is 11.5 Å². The van der Waals surface area contributed by atoms with Crippen molar-refractivity contribution in [2.24, 2.45) is 0 Å². The van der Waals surface area contributed by atoms with E-state index in [1.54, 1.807) is 6.07 Å². The average molecular weight is 539 g/mol. The van der Waals surface area contributed by atoms with Crippen molar-refractivity contribution in [3.63, 3.8) is 0 Å². The number of benzene rings is 2. The van der Waals surface area contributed by atoms with E-state index in [1.165, 1.54) is 6.92 Å². The number of hydrogen-bond acceptors (Lipinski definition) is 7. The van der Waals surface area contributed by atoms with Crippen molar-refractivity contribution in [1.82, 2.24) is 9.62 Å². The molecule has 9 heteroatoms. The van der Waals surface area contributed by atoms with Crippen molar-refractivity contribution in [2.45, 2.75) is 74.5 Å². The molecule has 0 radical (unpaired) electrons. The fourth-order valence-electron chi connectivity index (χ4n) is 7.82. The molecule has 4 aliphatic rings. The van der Waals surface area contributed by atoms with Crippen LogP contribution >= 0.6 is 0 Å². The number of nitrogens with zero attached hydrogens (tertiary/aromatic N) is 1. The third kappa shape index (κ3) is 3.55. The molecule has 0 unspecified atom stereocenters. The molecule has 38 heavy (non-hydrogen) atoms. The van der Waals surface area contributed by atoms with Crippen LogP contribution < -0.4 is 9.46 Å². The Morgan fingerprint density at radius 2 is 2.08 bits per heavy atom. The van der Waals surface area contributed by atoms with Gasteiger partial charge in [0.2, 0.25) is 10.0 Å². The molecule has 2 heterocycles. The van der Waals surface area contributed by atoms with Gasteiger partial charge >= 0.3 is 5.97 Å². The molecule has 0 amide bonds. The lowest BCUT2D eigenvalue weighted by Crippen LogP contribution is -2.79. The first-order valence-electron chi connectivity index (χ1n) is 13.2. The highest BCUT2D eigenvalue weighted by molar-refractivity contribution is 7.88. The molecule has 1 saturated heterocycles. The second-order valence-corrected chi connectivity index (χ2v) is 12.9. The number of phenolic OH excluding ortho intramolecular Hbond substituents is 1. The van der Waals surface area contributed by atoms with Crippen LogP contribution in [0.2, 0.25) is 0 Å². The molecule has 2 N–H and O–H groups in total. The number of carbonyl (C=O) groups is 1. The van der Waals surface area contributed by atoms with Gasteiger partial charge in [-0.3, -0.25) is 9.69 Å². The van der Waals surface area contributed by atoms with Crippen LogP contribution in [-0.2, 0) is 37.1 Å². The lowest BCUT2D eigenvalue weighted by atomic mass is 9.48. The Hall–Kier alpha value is -2.88. The first-order valence-corrected chi connectivity index (χ1v) is 14.9. The molecule has 1 spiro atoms. The second-order valence-electron chi connectivity index (χ2n) is 11.1. The van der Waals surface area contributed by atoms with Gasteiger partial charge in [0.05, 0.1) is 23.3 Å². The number of rotatable bonds is 7. The third-order valence-electron chi connectivity index (χ3n) is 9.16. The molecular formula is C29H34N2O6S. The zero-order valence-corrected chi connectivity index (χ0v) is 22.6. The van der Waals surface area contributed by atoms with Gasteiger partial charge in [-0.25, -0.2) is 13.1 Å². The van der Waals surface area contributed by atoms with Gasteiger partial charge < -0.3 is 14.6 Å². The van der Waals surface area contributed by atoms with Gasteiger partial charge in [-0.1, -0.05) is 36.4 Å². The summed E-state index contributed by atoms with van der Waals surface area (Å²) in [6.45, 7) is 8.64. The standard InChI is InChI=1S/C29H34N2O6S/c1-4-14-31-15-13-28-25-20-9-10-23(33)26(25)36-27(28)22(11-12-29(28,24(31)16-20)37-19(3)32)30-38(34,35)17-21-8-6-5-7-18(21)2/h4-10,22,24,27,30,33H,1,11-17H2,2-3H3/t22-,24+,27-,28-,29-/m0/s1. The molecule has 0 aromatic heterocycles. The normalized spacial score (nSPS) is 31.3. The molecule has 8 nitrogen and oxygen atoms in total. The summed E-state index contributed by atoms with van der Waals surface area (Å²) in [6.07, 6.45) is 3.41. The Labute approximate surface area is 223 Å². The number of aryl methyl sites for hydroxylation is 1. The summed E-state index contributed by atoms with van der Waals surface area (Å²) in [5, 5.41) is 10.9. The SMILES string of the molecule is C=CCN1CC[C@]23c4c5ccc(O)c4O[C@H]2[C@@H](NS(=O)(=O)Cc2ccccc2C)CC[C@]3(OC(C)=O)[C@H]1C5. The van der Waals surface area contributed by atoms with E-state index in [0.29, 0.717) is 38.0 Å². The molecule has 5 atom stereocenters.